The third kappa shape index (κ3) is 8.97. The average molecular weight is 539 g/mol. The van der Waals surface area contributed by atoms with Crippen molar-refractivity contribution in [3.8, 4) is 11.5 Å². The second-order valence-electron chi connectivity index (χ2n) is 11.0. The third-order valence-corrected chi connectivity index (χ3v) is 7.57. The van der Waals surface area contributed by atoms with E-state index in [1.54, 1.807) is 0 Å². The predicted molar refractivity (Wildman–Crippen MR) is 149 cm³/mol. The molecule has 2 heterocycles. The fraction of sp³-hybridized carbons (Fsp3) is 0.548. The number of ether oxygens (including phenoxy) is 4. The molecule has 8 nitrogen and oxygen atoms in total. The zero-order chi connectivity index (χ0) is 27.8. The topological polar surface area (TPSA) is 77.1 Å². The maximum atomic E-state index is 11.8. The highest BCUT2D eigenvalue weighted by Gasteiger charge is 2.29. The van der Waals surface area contributed by atoms with E-state index >= 15 is 0 Å². The first-order valence-electron chi connectivity index (χ1n) is 14.0. The second kappa shape index (κ2) is 13.3. The van der Waals surface area contributed by atoms with Gasteiger partial charge in [0.25, 0.3) is 0 Å². The van der Waals surface area contributed by atoms with Crippen LogP contribution in [0.1, 0.15) is 51.7 Å². The van der Waals surface area contributed by atoms with E-state index in [1.807, 2.05) is 24.3 Å². The maximum Gasteiger partial charge on any atom is 0.307 e. The summed E-state index contributed by atoms with van der Waals surface area (Å²) in [5.41, 5.74) is 2.10. The third-order valence-electron chi connectivity index (χ3n) is 7.57. The molecule has 0 radical (unpaired) electrons. The van der Waals surface area contributed by atoms with E-state index < -0.39 is 0 Å². The number of nitrogens with zero attached hydrogens (tertiary/aromatic N) is 2. The molecule has 0 aromatic heterocycles. The summed E-state index contributed by atoms with van der Waals surface area (Å²) in [5, 5.41) is 0. The van der Waals surface area contributed by atoms with Gasteiger partial charge in [-0.25, -0.2) is 0 Å². The van der Waals surface area contributed by atoms with Crippen LogP contribution in [0.5, 0.6) is 11.5 Å². The second-order valence-corrected chi connectivity index (χ2v) is 11.0. The monoisotopic (exact) mass is 538 g/mol. The molecule has 2 aliphatic rings. The Morgan fingerprint density at radius 1 is 0.692 bits per heavy atom. The molecule has 2 saturated heterocycles. The highest BCUT2D eigenvalue weighted by molar-refractivity contribution is 5.70. The fourth-order valence-electron chi connectivity index (χ4n) is 4.55. The van der Waals surface area contributed by atoms with Crippen LogP contribution in [0.2, 0.25) is 0 Å². The van der Waals surface area contributed by atoms with Gasteiger partial charge >= 0.3 is 11.9 Å². The molecule has 4 rings (SSSR count). The van der Waals surface area contributed by atoms with Crippen molar-refractivity contribution in [2.24, 2.45) is 0 Å². The van der Waals surface area contributed by atoms with E-state index in [0.29, 0.717) is 38.1 Å². The fourth-order valence-corrected chi connectivity index (χ4v) is 4.55. The molecular formula is C31H42N2O6. The summed E-state index contributed by atoms with van der Waals surface area (Å²) >= 11 is 0. The summed E-state index contributed by atoms with van der Waals surface area (Å²) in [6.45, 7) is 13.5. The molecule has 4 unspecified atom stereocenters. The summed E-state index contributed by atoms with van der Waals surface area (Å²) in [6, 6.07) is 17.2. The first kappa shape index (κ1) is 28.9. The molecule has 0 spiro atoms. The van der Waals surface area contributed by atoms with Crippen molar-refractivity contribution < 1.29 is 28.5 Å². The predicted octanol–water partition coefficient (Wildman–Crippen LogP) is 4.04. The Morgan fingerprint density at radius 3 is 1.38 bits per heavy atom. The molecule has 8 heteroatoms. The quantitative estimate of drug-likeness (QED) is 0.180. The lowest BCUT2D eigenvalue weighted by Crippen LogP contribution is -2.19. The number of rotatable bonds is 16. The molecule has 39 heavy (non-hydrogen) atoms. The summed E-state index contributed by atoms with van der Waals surface area (Å²) < 4.78 is 22.0. The number of hydrogen-bond acceptors (Lipinski definition) is 8. The minimum absolute atomic E-state index is 0.179. The first-order valence-corrected chi connectivity index (χ1v) is 14.0. The van der Waals surface area contributed by atoms with Gasteiger partial charge in [-0.1, -0.05) is 38.1 Å². The Balaban J connectivity index is 1.14. The number of esters is 2. The van der Waals surface area contributed by atoms with Crippen LogP contribution in [-0.2, 0) is 24.5 Å². The summed E-state index contributed by atoms with van der Waals surface area (Å²) in [4.78, 5) is 28.1. The Hall–Kier alpha value is -3.10. The van der Waals surface area contributed by atoms with E-state index in [2.05, 4.69) is 61.8 Å². The molecule has 2 aromatic rings. The number of carbonyl (C=O) groups excluding carboxylic acids is 2. The molecule has 2 aromatic carbocycles. The minimum atomic E-state index is -0.216. The van der Waals surface area contributed by atoms with Crippen LogP contribution in [0, 0.1) is 0 Å². The standard InChI is InChI=1S/C31H42N2O6/c1-23-21-32(23)15-13-29(34)38-19-17-36-27-9-5-25(6-10-27)31(3,4)26-7-11-28(12-8-26)37-18-20-39-30(35)14-16-33-22-24(33)2/h5-12,23-24H,13-22H2,1-4H3. The molecule has 0 amide bonds. The van der Waals surface area contributed by atoms with E-state index in [-0.39, 0.29) is 30.6 Å². The van der Waals surface area contributed by atoms with Crippen LogP contribution in [0.15, 0.2) is 48.5 Å². The molecule has 0 saturated carbocycles. The molecule has 2 aliphatic heterocycles. The molecular weight excluding hydrogens is 496 g/mol. The smallest absolute Gasteiger partial charge is 0.307 e. The van der Waals surface area contributed by atoms with Crippen molar-refractivity contribution in [3.05, 3.63) is 59.7 Å². The van der Waals surface area contributed by atoms with E-state index in [4.69, 9.17) is 18.9 Å². The zero-order valence-electron chi connectivity index (χ0n) is 23.7. The number of hydrogen-bond donors (Lipinski definition) is 0. The first-order chi connectivity index (χ1) is 18.7. The maximum absolute atomic E-state index is 11.8. The lowest BCUT2D eigenvalue weighted by molar-refractivity contribution is -0.145. The molecule has 4 atom stereocenters. The summed E-state index contributed by atoms with van der Waals surface area (Å²) in [7, 11) is 0. The van der Waals surface area contributed by atoms with Gasteiger partial charge in [-0.2, -0.15) is 0 Å². The van der Waals surface area contributed by atoms with Crippen LogP contribution in [0.3, 0.4) is 0 Å². The Bertz CT molecular complexity index is 1000. The van der Waals surface area contributed by atoms with Gasteiger partial charge in [-0.3, -0.25) is 19.4 Å². The minimum Gasteiger partial charge on any atom is -0.490 e. The lowest BCUT2D eigenvalue weighted by Gasteiger charge is -2.26. The molecule has 2 fully saturated rings. The van der Waals surface area contributed by atoms with Crippen LogP contribution in [-0.4, -0.2) is 86.4 Å². The van der Waals surface area contributed by atoms with Crippen molar-refractivity contribution in [2.45, 2.75) is 58.0 Å². The summed E-state index contributed by atoms with van der Waals surface area (Å²) in [5.74, 6) is 1.13. The van der Waals surface area contributed by atoms with Gasteiger partial charge in [-0.05, 0) is 49.2 Å². The SMILES string of the molecule is CC1CN1CCC(=O)OCCOc1ccc(C(C)(C)c2ccc(OCCOC(=O)CCN3CC3C)cc2)cc1. The summed E-state index contributed by atoms with van der Waals surface area (Å²) in [6.07, 6.45) is 0.852. The van der Waals surface area contributed by atoms with Crippen molar-refractivity contribution in [3.63, 3.8) is 0 Å². The lowest BCUT2D eigenvalue weighted by atomic mass is 9.78. The van der Waals surface area contributed by atoms with E-state index in [1.165, 1.54) is 0 Å². The van der Waals surface area contributed by atoms with Crippen molar-refractivity contribution >= 4 is 11.9 Å². The highest BCUT2D eigenvalue weighted by atomic mass is 16.6. The number of benzene rings is 2. The van der Waals surface area contributed by atoms with E-state index in [0.717, 1.165) is 48.8 Å². The average Bonchev–Trinajstić information content (AvgIpc) is 3.84. The largest absolute Gasteiger partial charge is 0.490 e. The van der Waals surface area contributed by atoms with Crippen LogP contribution < -0.4 is 9.47 Å². The normalized spacial score (nSPS) is 21.6. The Kier molecular flexibility index (Phi) is 9.86. The van der Waals surface area contributed by atoms with Crippen LogP contribution >= 0.6 is 0 Å². The van der Waals surface area contributed by atoms with Gasteiger partial charge in [-0.15, -0.1) is 0 Å². The number of carbonyl (C=O) groups is 2. The van der Waals surface area contributed by atoms with Gasteiger partial charge in [0, 0.05) is 43.7 Å². The van der Waals surface area contributed by atoms with Gasteiger partial charge in [0.1, 0.15) is 37.9 Å². The van der Waals surface area contributed by atoms with Crippen LogP contribution in [0.25, 0.3) is 0 Å². The Labute approximate surface area is 232 Å². The zero-order valence-corrected chi connectivity index (χ0v) is 23.7. The highest BCUT2D eigenvalue weighted by Crippen LogP contribution is 2.33. The van der Waals surface area contributed by atoms with Gasteiger partial charge < -0.3 is 18.9 Å². The van der Waals surface area contributed by atoms with Crippen molar-refractivity contribution in [2.75, 3.05) is 52.6 Å². The van der Waals surface area contributed by atoms with Crippen molar-refractivity contribution in [1.82, 2.24) is 9.80 Å². The van der Waals surface area contributed by atoms with Crippen molar-refractivity contribution in [1.29, 1.82) is 0 Å². The molecule has 0 bridgehead atoms. The van der Waals surface area contributed by atoms with Crippen LogP contribution in [0.4, 0.5) is 0 Å². The van der Waals surface area contributed by atoms with Gasteiger partial charge in [0.2, 0.25) is 0 Å². The van der Waals surface area contributed by atoms with Gasteiger partial charge in [0.15, 0.2) is 0 Å². The van der Waals surface area contributed by atoms with E-state index in [9.17, 15) is 9.59 Å². The molecule has 212 valence electrons. The Morgan fingerprint density at radius 2 is 1.05 bits per heavy atom. The molecule has 0 N–H and O–H groups in total. The van der Waals surface area contributed by atoms with Gasteiger partial charge in [0.05, 0.1) is 12.8 Å². The molecule has 0 aliphatic carbocycles.